The van der Waals surface area contributed by atoms with Gasteiger partial charge in [0.1, 0.15) is 0 Å². The minimum Gasteiger partial charge on any atom is -0.454 e. The molecule has 0 saturated heterocycles. The average molecular weight is 320 g/mol. The lowest BCUT2D eigenvalue weighted by Gasteiger charge is -2.09. The lowest BCUT2D eigenvalue weighted by molar-refractivity contribution is -0.137. The largest absolute Gasteiger partial charge is 0.454 e. The van der Waals surface area contributed by atoms with Gasteiger partial charge in [-0.1, -0.05) is 24.3 Å². The molecule has 3 nitrogen and oxygen atoms in total. The van der Waals surface area contributed by atoms with E-state index < -0.39 is 17.5 Å². The van der Waals surface area contributed by atoms with Crippen LogP contribution < -0.4 is 9.47 Å². The van der Waals surface area contributed by atoms with Crippen LogP contribution in [-0.2, 0) is 6.18 Å². The zero-order chi connectivity index (χ0) is 16.4. The van der Waals surface area contributed by atoms with E-state index in [4.69, 9.17) is 9.47 Å². The minimum absolute atomic E-state index is 0.0610. The van der Waals surface area contributed by atoms with E-state index in [1.54, 1.807) is 6.07 Å². The molecule has 1 aliphatic heterocycles. The lowest BCUT2D eigenvalue weighted by Crippen LogP contribution is -2.07. The molecule has 0 fully saturated rings. The summed E-state index contributed by atoms with van der Waals surface area (Å²) < 4.78 is 49.0. The average Bonchev–Trinajstić information content (AvgIpc) is 2.99. The summed E-state index contributed by atoms with van der Waals surface area (Å²) in [6.07, 6.45) is -2.19. The molecule has 0 saturated carbocycles. The zero-order valence-corrected chi connectivity index (χ0v) is 11.8. The van der Waals surface area contributed by atoms with Crippen molar-refractivity contribution >= 4 is 11.9 Å². The topological polar surface area (TPSA) is 35.5 Å². The van der Waals surface area contributed by atoms with E-state index in [1.165, 1.54) is 30.3 Å². The van der Waals surface area contributed by atoms with Gasteiger partial charge in [0.05, 0.1) is 5.56 Å². The Balaban J connectivity index is 1.85. The minimum atomic E-state index is -4.47. The number of carbonyl (C=O) groups is 1. The van der Waals surface area contributed by atoms with Crippen LogP contribution in [0.5, 0.6) is 11.5 Å². The molecule has 2 aromatic carbocycles. The first-order valence-corrected chi connectivity index (χ1v) is 6.73. The summed E-state index contributed by atoms with van der Waals surface area (Å²) in [6.45, 7) is 0.0851. The van der Waals surface area contributed by atoms with Crippen molar-refractivity contribution in [2.75, 3.05) is 6.79 Å². The summed E-state index contributed by atoms with van der Waals surface area (Å²) in [5.41, 5.74) is -0.529. The summed E-state index contributed by atoms with van der Waals surface area (Å²) in [5.74, 6) is 0.563. The molecule has 0 N–H and O–H groups in total. The molecule has 0 amide bonds. The van der Waals surface area contributed by atoms with Crippen molar-refractivity contribution in [1.82, 2.24) is 0 Å². The zero-order valence-electron chi connectivity index (χ0n) is 11.8. The standard InChI is InChI=1S/C17H11F3O3/c18-17(19,20)13-4-2-1-3-11(13)5-7-14(21)12-6-8-15-16(9-12)23-10-22-15/h1-9H,10H2. The highest BCUT2D eigenvalue weighted by Crippen LogP contribution is 2.34. The van der Waals surface area contributed by atoms with Gasteiger partial charge in [-0.15, -0.1) is 0 Å². The van der Waals surface area contributed by atoms with Crippen molar-refractivity contribution in [3.63, 3.8) is 0 Å². The Morgan fingerprint density at radius 2 is 1.78 bits per heavy atom. The van der Waals surface area contributed by atoms with Crippen molar-refractivity contribution in [1.29, 1.82) is 0 Å². The van der Waals surface area contributed by atoms with Gasteiger partial charge in [-0.3, -0.25) is 4.79 Å². The monoisotopic (exact) mass is 320 g/mol. The number of hydrogen-bond acceptors (Lipinski definition) is 3. The number of allylic oxidation sites excluding steroid dienone is 1. The van der Waals surface area contributed by atoms with Gasteiger partial charge in [-0.25, -0.2) is 0 Å². The second kappa shape index (κ2) is 5.79. The number of ether oxygens (including phenoxy) is 2. The first-order chi connectivity index (χ1) is 10.9. The highest BCUT2D eigenvalue weighted by Gasteiger charge is 2.32. The molecule has 0 radical (unpaired) electrons. The molecule has 1 aliphatic rings. The molecule has 0 aromatic heterocycles. The van der Waals surface area contributed by atoms with Gasteiger partial charge in [0.15, 0.2) is 17.3 Å². The summed E-state index contributed by atoms with van der Waals surface area (Å²) in [7, 11) is 0. The fourth-order valence-electron chi connectivity index (χ4n) is 2.21. The normalized spacial score (nSPS) is 13.5. The molecule has 0 spiro atoms. The Kier molecular flexibility index (Phi) is 3.82. The van der Waals surface area contributed by atoms with Crippen molar-refractivity contribution in [2.24, 2.45) is 0 Å². The van der Waals surface area contributed by atoms with Gasteiger partial charge in [-0.2, -0.15) is 13.2 Å². The maximum Gasteiger partial charge on any atom is 0.416 e. The molecule has 6 heteroatoms. The van der Waals surface area contributed by atoms with Crippen molar-refractivity contribution < 1.29 is 27.4 Å². The number of benzene rings is 2. The SMILES string of the molecule is O=C(C=Cc1ccccc1C(F)(F)F)c1ccc2c(c1)OCO2. The number of ketones is 1. The van der Waals surface area contributed by atoms with Crippen LogP contribution in [0.2, 0.25) is 0 Å². The lowest BCUT2D eigenvalue weighted by atomic mass is 10.0. The Hall–Kier alpha value is -2.76. The van der Waals surface area contributed by atoms with Gasteiger partial charge >= 0.3 is 6.18 Å². The highest BCUT2D eigenvalue weighted by molar-refractivity contribution is 6.07. The second-order valence-electron chi connectivity index (χ2n) is 4.85. The van der Waals surface area contributed by atoms with Crippen LogP contribution in [-0.4, -0.2) is 12.6 Å². The number of rotatable bonds is 3. The Labute approximate surface area is 130 Å². The number of halogens is 3. The fourth-order valence-corrected chi connectivity index (χ4v) is 2.21. The van der Waals surface area contributed by atoms with Crippen LogP contribution in [0.3, 0.4) is 0 Å². The molecule has 118 valence electrons. The number of fused-ring (bicyclic) bond motifs is 1. The van der Waals surface area contributed by atoms with E-state index in [0.29, 0.717) is 17.1 Å². The molecule has 3 rings (SSSR count). The second-order valence-corrected chi connectivity index (χ2v) is 4.85. The Morgan fingerprint density at radius 3 is 2.57 bits per heavy atom. The van der Waals surface area contributed by atoms with Crippen molar-refractivity contribution in [2.45, 2.75) is 6.18 Å². The van der Waals surface area contributed by atoms with Crippen LogP contribution in [0.15, 0.2) is 48.5 Å². The van der Waals surface area contributed by atoms with E-state index in [-0.39, 0.29) is 12.4 Å². The summed E-state index contributed by atoms with van der Waals surface area (Å²) in [6, 6.07) is 9.71. The molecule has 2 aromatic rings. The molecule has 23 heavy (non-hydrogen) atoms. The molecule has 0 aliphatic carbocycles. The highest BCUT2D eigenvalue weighted by atomic mass is 19.4. The van der Waals surface area contributed by atoms with E-state index in [9.17, 15) is 18.0 Å². The smallest absolute Gasteiger partial charge is 0.416 e. The molecule has 0 atom stereocenters. The van der Waals surface area contributed by atoms with Gasteiger partial charge in [0.2, 0.25) is 6.79 Å². The van der Waals surface area contributed by atoms with Gasteiger partial charge in [-0.05, 0) is 35.9 Å². The number of carbonyl (C=O) groups excluding carboxylic acids is 1. The molecular weight excluding hydrogens is 309 g/mol. The van der Waals surface area contributed by atoms with E-state index in [2.05, 4.69) is 0 Å². The Bertz CT molecular complexity index is 779. The Morgan fingerprint density at radius 1 is 1.04 bits per heavy atom. The molecule has 1 heterocycles. The van der Waals surface area contributed by atoms with Crippen molar-refractivity contribution in [3.05, 3.63) is 65.2 Å². The van der Waals surface area contributed by atoms with E-state index in [1.807, 2.05) is 0 Å². The van der Waals surface area contributed by atoms with Crippen LogP contribution in [0.25, 0.3) is 6.08 Å². The van der Waals surface area contributed by atoms with Crippen LogP contribution in [0, 0.1) is 0 Å². The van der Waals surface area contributed by atoms with Gasteiger partial charge in [0.25, 0.3) is 0 Å². The number of alkyl halides is 3. The van der Waals surface area contributed by atoms with Gasteiger partial charge in [0, 0.05) is 5.56 Å². The maximum atomic E-state index is 12.9. The van der Waals surface area contributed by atoms with Crippen LogP contribution >= 0.6 is 0 Å². The molecule has 0 bridgehead atoms. The number of hydrogen-bond donors (Lipinski definition) is 0. The molecular formula is C17H11F3O3. The first-order valence-electron chi connectivity index (χ1n) is 6.73. The van der Waals surface area contributed by atoms with Gasteiger partial charge < -0.3 is 9.47 Å². The third kappa shape index (κ3) is 3.21. The summed E-state index contributed by atoms with van der Waals surface area (Å²) in [5, 5.41) is 0. The third-order valence-corrected chi connectivity index (χ3v) is 3.34. The summed E-state index contributed by atoms with van der Waals surface area (Å²) in [4.78, 5) is 12.1. The maximum absolute atomic E-state index is 12.9. The van der Waals surface area contributed by atoms with E-state index >= 15 is 0 Å². The summed E-state index contributed by atoms with van der Waals surface area (Å²) >= 11 is 0. The quantitative estimate of drug-likeness (QED) is 0.624. The predicted octanol–water partition coefficient (Wildman–Crippen LogP) is 4.33. The predicted molar refractivity (Wildman–Crippen MR) is 77.4 cm³/mol. The fraction of sp³-hybridized carbons (Fsp3) is 0.118. The van der Waals surface area contributed by atoms with Crippen LogP contribution in [0.1, 0.15) is 21.5 Å². The third-order valence-electron chi connectivity index (χ3n) is 3.34. The van der Waals surface area contributed by atoms with E-state index in [0.717, 1.165) is 18.2 Å². The van der Waals surface area contributed by atoms with Crippen molar-refractivity contribution in [3.8, 4) is 11.5 Å². The first kappa shape index (κ1) is 15.1. The van der Waals surface area contributed by atoms with Crippen LogP contribution in [0.4, 0.5) is 13.2 Å². The molecule has 0 unspecified atom stereocenters.